The number of hydrogen-bond donors (Lipinski definition) is 2. The average molecular weight is 244 g/mol. The molecule has 0 aromatic carbocycles. The van der Waals surface area contributed by atoms with Crippen LogP contribution in [0.2, 0.25) is 0 Å². The molecule has 0 aliphatic carbocycles. The molecular formula is C13H28N2O2. The van der Waals surface area contributed by atoms with Crippen molar-refractivity contribution in [3.63, 3.8) is 0 Å². The Balaban J connectivity index is 2.02. The Bertz CT molecular complexity index is 198. The second kappa shape index (κ2) is 7.31. The molecule has 1 aliphatic heterocycles. The van der Waals surface area contributed by atoms with Crippen LogP contribution in [0.4, 0.5) is 0 Å². The van der Waals surface area contributed by atoms with Crippen LogP contribution in [-0.4, -0.2) is 62.0 Å². The highest BCUT2D eigenvalue weighted by atomic mass is 16.5. The molecular weight excluding hydrogens is 216 g/mol. The Morgan fingerprint density at radius 1 is 1.29 bits per heavy atom. The third-order valence-corrected chi connectivity index (χ3v) is 2.99. The van der Waals surface area contributed by atoms with Gasteiger partial charge in [-0.3, -0.25) is 4.90 Å². The Kier molecular flexibility index (Phi) is 6.41. The molecule has 0 radical (unpaired) electrons. The maximum absolute atomic E-state index is 9.84. The number of rotatable bonds is 6. The van der Waals surface area contributed by atoms with Crippen molar-refractivity contribution >= 4 is 0 Å². The number of nitrogens with zero attached hydrogens (tertiary/aromatic N) is 1. The topological polar surface area (TPSA) is 44.7 Å². The summed E-state index contributed by atoms with van der Waals surface area (Å²) in [5, 5.41) is 13.1. The molecule has 1 unspecified atom stereocenters. The highest BCUT2D eigenvalue weighted by molar-refractivity contribution is 4.71. The third kappa shape index (κ3) is 7.71. The zero-order chi connectivity index (χ0) is 12.7. The van der Waals surface area contributed by atoms with Crippen molar-refractivity contribution in [2.45, 2.75) is 33.3 Å². The first kappa shape index (κ1) is 14.9. The van der Waals surface area contributed by atoms with Crippen LogP contribution in [0.1, 0.15) is 27.2 Å². The van der Waals surface area contributed by atoms with Crippen LogP contribution < -0.4 is 5.32 Å². The summed E-state index contributed by atoms with van der Waals surface area (Å²) in [5.41, 5.74) is 0.309. The minimum absolute atomic E-state index is 0.309. The Morgan fingerprint density at radius 2 is 1.94 bits per heavy atom. The van der Waals surface area contributed by atoms with Crippen LogP contribution in [0.15, 0.2) is 0 Å². The molecule has 1 heterocycles. The van der Waals surface area contributed by atoms with E-state index in [1.165, 1.54) is 0 Å². The summed E-state index contributed by atoms with van der Waals surface area (Å²) < 4.78 is 5.52. The van der Waals surface area contributed by atoms with Gasteiger partial charge in [0.1, 0.15) is 0 Å². The summed E-state index contributed by atoms with van der Waals surface area (Å²) in [7, 11) is 0. The van der Waals surface area contributed by atoms with Crippen molar-refractivity contribution < 1.29 is 9.84 Å². The highest BCUT2D eigenvalue weighted by Crippen LogP contribution is 2.17. The second-order valence-corrected chi connectivity index (χ2v) is 6.09. The van der Waals surface area contributed by atoms with E-state index in [9.17, 15) is 5.11 Å². The molecule has 2 N–H and O–H groups in total. The third-order valence-electron chi connectivity index (χ3n) is 2.99. The average Bonchev–Trinajstić information content (AvgIpc) is 2.25. The molecule has 1 atom stereocenters. The number of aliphatic hydroxyl groups is 1. The molecule has 1 aliphatic rings. The van der Waals surface area contributed by atoms with Crippen LogP contribution >= 0.6 is 0 Å². The van der Waals surface area contributed by atoms with E-state index in [0.717, 1.165) is 45.8 Å². The first-order valence-corrected chi connectivity index (χ1v) is 6.66. The van der Waals surface area contributed by atoms with Gasteiger partial charge in [-0.1, -0.05) is 20.8 Å². The lowest BCUT2D eigenvalue weighted by Gasteiger charge is -2.29. The number of hydrogen-bond acceptors (Lipinski definition) is 4. The lowest BCUT2D eigenvalue weighted by molar-refractivity contribution is 0.00787. The fraction of sp³-hybridized carbons (Fsp3) is 1.00. The van der Waals surface area contributed by atoms with Gasteiger partial charge in [-0.25, -0.2) is 0 Å². The lowest BCUT2D eigenvalue weighted by Crippen LogP contribution is -2.47. The van der Waals surface area contributed by atoms with Gasteiger partial charge in [0.15, 0.2) is 0 Å². The van der Waals surface area contributed by atoms with Gasteiger partial charge in [0.2, 0.25) is 0 Å². The molecule has 102 valence electrons. The molecule has 4 nitrogen and oxygen atoms in total. The van der Waals surface area contributed by atoms with Gasteiger partial charge in [-0.2, -0.15) is 0 Å². The van der Waals surface area contributed by atoms with Gasteiger partial charge in [0.25, 0.3) is 0 Å². The summed E-state index contributed by atoms with van der Waals surface area (Å²) in [5.74, 6) is 0. The van der Waals surface area contributed by atoms with Crippen LogP contribution in [-0.2, 0) is 4.74 Å². The molecule has 17 heavy (non-hydrogen) atoms. The van der Waals surface area contributed by atoms with E-state index in [1.54, 1.807) is 0 Å². The van der Waals surface area contributed by atoms with Gasteiger partial charge in [-0.15, -0.1) is 0 Å². The van der Waals surface area contributed by atoms with Gasteiger partial charge in [-0.05, 0) is 11.8 Å². The number of aliphatic hydroxyl groups excluding tert-OH is 1. The van der Waals surface area contributed by atoms with Gasteiger partial charge >= 0.3 is 0 Å². The summed E-state index contributed by atoms with van der Waals surface area (Å²) in [6.07, 6.45) is 0.681. The van der Waals surface area contributed by atoms with Crippen molar-refractivity contribution in [2.24, 2.45) is 5.41 Å². The fourth-order valence-corrected chi connectivity index (χ4v) is 1.84. The standard InChI is InChI=1S/C13H28N2O2/c1-13(2,3)4-9-17-11-12(16)10-15-7-5-14-6-8-15/h12,14,16H,4-11H2,1-3H3. The van der Waals surface area contributed by atoms with Crippen molar-refractivity contribution in [1.29, 1.82) is 0 Å². The quantitative estimate of drug-likeness (QED) is 0.675. The number of nitrogens with one attached hydrogen (secondary N) is 1. The molecule has 0 spiro atoms. The monoisotopic (exact) mass is 244 g/mol. The Morgan fingerprint density at radius 3 is 2.53 bits per heavy atom. The van der Waals surface area contributed by atoms with E-state index in [0.29, 0.717) is 12.0 Å². The first-order valence-electron chi connectivity index (χ1n) is 6.66. The zero-order valence-electron chi connectivity index (χ0n) is 11.5. The van der Waals surface area contributed by atoms with Crippen molar-refractivity contribution in [3.8, 4) is 0 Å². The van der Waals surface area contributed by atoms with Gasteiger partial charge in [0.05, 0.1) is 12.7 Å². The number of ether oxygens (including phenoxy) is 1. The van der Waals surface area contributed by atoms with Crippen molar-refractivity contribution in [3.05, 3.63) is 0 Å². The van der Waals surface area contributed by atoms with Crippen LogP contribution in [0.5, 0.6) is 0 Å². The van der Waals surface area contributed by atoms with Crippen molar-refractivity contribution in [2.75, 3.05) is 45.9 Å². The van der Waals surface area contributed by atoms with Crippen LogP contribution in [0.3, 0.4) is 0 Å². The first-order chi connectivity index (χ1) is 7.97. The number of piperazine rings is 1. The van der Waals surface area contributed by atoms with Gasteiger partial charge < -0.3 is 15.2 Å². The summed E-state index contributed by atoms with van der Waals surface area (Å²) in [6, 6.07) is 0. The van der Waals surface area contributed by atoms with E-state index >= 15 is 0 Å². The summed E-state index contributed by atoms with van der Waals surface area (Å²) >= 11 is 0. The highest BCUT2D eigenvalue weighted by Gasteiger charge is 2.15. The zero-order valence-corrected chi connectivity index (χ0v) is 11.5. The Hall–Kier alpha value is -0.160. The van der Waals surface area contributed by atoms with Crippen LogP contribution in [0.25, 0.3) is 0 Å². The summed E-state index contributed by atoms with van der Waals surface area (Å²) in [6.45, 7) is 12.6. The molecule has 4 heteroatoms. The molecule has 0 amide bonds. The molecule has 0 aromatic rings. The van der Waals surface area contributed by atoms with E-state index in [2.05, 4.69) is 31.0 Å². The molecule has 1 rings (SSSR count). The smallest absolute Gasteiger partial charge is 0.0900 e. The largest absolute Gasteiger partial charge is 0.389 e. The van der Waals surface area contributed by atoms with Crippen LogP contribution in [0, 0.1) is 5.41 Å². The molecule has 1 saturated heterocycles. The minimum Gasteiger partial charge on any atom is -0.389 e. The number of β-amino-alcohol motifs (C(OH)–C–C–N with tert-alkyl or cyclic N) is 1. The molecule has 1 fully saturated rings. The predicted octanol–water partition coefficient (Wildman–Crippen LogP) is 0.705. The van der Waals surface area contributed by atoms with Crippen molar-refractivity contribution in [1.82, 2.24) is 10.2 Å². The summed E-state index contributed by atoms with van der Waals surface area (Å²) in [4.78, 5) is 2.29. The molecule has 0 saturated carbocycles. The normalized spacial score (nSPS) is 20.5. The van der Waals surface area contributed by atoms with E-state index in [-0.39, 0.29) is 6.10 Å². The fourth-order valence-electron chi connectivity index (χ4n) is 1.84. The molecule has 0 bridgehead atoms. The maximum Gasteiger partial charge on any atom is 0.0900 e. The van der Waals surface area contributed by atoms with Gasteiger partial charge in [0, 0.05) is 39.3 Å². The maximum atomic E-state index is 9.84. The lowest BCUT2D eigenvalue weighted by atomic mass is 9.93. The molecule has 0 aromatic heterocycles. The van der Waals surface area contributed by atoms with E-state index in [1.807, 2.05) is 0 Å². The van der Waals surface area contributed by atoms with E-state index < -0.39 is 0 Å². The Labute approximate surface area is 105 Å². The van der Waals surface area contributed by atoms with E-state index in [4.69, 9.17) is 4.74 Å². The second-order valence-electron chi connectivity index (χ2n) is 6.09. The minimum atomic E-state index is -0.354. The predicted molar refractivity (Wildman–Crippen MR) is 70.2 cm³/mol. The SMILES string of the molecule is CC(C)(C)CCOCC(O)CN1CCNCC1.